The lowest BCUT2D eigenvalue weighted by atomic mass is 10.0. The van der Waals surface area contributed by atoms with Crippen molar-refractivity contribution in [2.45, 2.75) is 9.79 Å². The molecule has 4 N–H and O–H groups in total. The van der Waals surface area contributed by atoms with Gasteiger partial charge in [0.1, 0.15) is 21.3 Å². The number of phenols is 2. The number of phenolic OH excluding ortho intramolecular Hbond substituents is 2. The van der Waals surface area contributed by atoms with Gasteiger partial charge in [-0.15, -0.1) is 10.2 Å². The van der Waals surface area contributed by atoms with E-state index in [1.165, 1.54) is 48.5 Å². The molecule has 6 aromatic rings. The van der Waals surface area contributed by atoms with Gasteiger partial charge in [-0.1, -0.05) is 60.7 Å². The van der Waals surface area contributed by atoms with Crippen LogP contribution in [0.15, 0.2) is 139 Å². The molecule has 0 fully saturated rings. The van der Waals surface area contributed by atoms with E-state index >= 15 is 0 Å². The summed E-state index contributed by atoms with van der Waals surface area (Å²) >= 11 is 0. The number of azo groups is 2. The first-order chi connectivity index (χ1) is 21.9. The SMILES string of the molecule is O=S(=O)(O)c1cc(N=Nc2ccc(O)c3ccccc23)ccc1-c1ccc(N=Nc2ccc(O)c3ccccc23)cc1S(=O)(=O)O. The second kappa shape index (κ2) is 11.8. The molecule has 0 saturated heterocycles. The Morgan fingerprint density at radius 1 is 0.435 bits per heavy atom. The van der Waals surface area contributed by atoms with E-state index < -0.39 is 30.0 Å². The molecule has 0 aromatic heterocycles. The molecular weight excluding hydrogens is 633 g/mol. The number of rotatable bonds is 7. The minimum atomic E-state index is -4.94. The Morgan fingerprint density at radius 3 is 1.17 bits per heavy atom. The molecule has 0 bridgehead atoms. The molecule has 0 aliphatic heterocycles. The fraction of sp³-hybridized carbons (Fsp3) is 0. The third kappa shape index (κ3) is 6.05. The molecule has 230 valence electrons. The van der Waals surface area contributed by atoms with Crippen LogP contribution in [-0.4, -0.2) is 36.2 Å². The minimum absolute atomic E-state index is 0.00785. The molecule has 0 aliphatic carbocycles. The Bertz CT molecular complexity index is 2290. The lowest BCUT2D eigenvalue weighted by Gasteiger charge is -2.12. The summed E-state index contributed by atoms with van der Waals surface area (Å²) in [7, 11) is -9.89. The molecule has 0 unspecified atom stereocenters. The largest absolute Gasteiger partial charge is 0.507 e. The number of hydrogen-bond donors (Lipinski definition) is 4. The van der Waals surface area contributed by atoms with Crippen molar-refractivity contribution in [3.63, 3.8) is 0 Å². The van der Waals surface area contributed by atoms with E-state index in [-0.39, 0.29) is 34.0 Å². The maximum atomic E-state index is 12.5. The standard InChI is InChI=1S/C32H22N4O8S2/c37-29-15-13-27(21-5-1-3-7-23(21)29)35-33-19-9-11-25(31(17-19)45(39,40)41)26-12-10-20(18-32(26)46(42,43)44)34-36-28-14-16-30(38)24-8-4-2-6-22(24)28/h1-18,37-38H,(H,39,40,41)(H,42,43,44). The Labute approximate surface area is 262 Å². The van der Waals surface area contributed by atoms with Crippen LogP contribution in [0, 0.1) is 0 Å². The summed E-state index contributed by atoms with van der Waals surface area (Å²) in [6, 6.07) is 26.9. The van der Waals surface area contributed by atoms with E-state index in [1.54, 1.807) is 48.5 Å². The van der Waals surface area contributed by atoms with Gasteiger partial charge in [0.05, 0.1) is 22.7 Å². The zero-order chi connectivity index (χ0) is 32.6. The van der Waals surface area contributed by atoms with Crippen molar-refractivity contribution in [2.24, 2.45) is 20.5 Å². The number of aromatic hydroxyl groups is 2. The third-order valence-corrected chi connectivity index (χ3v) is 8.87. The molecule has 0 atom stereocenters. The van der Waals surface area contributed by atoms with Crippen molar-refractivity contribution in [1.82, 2.24) is 0 Å². The average Bonchev–Trinajstić information content (AvgIpc) is 3.03. The Hall–Kier alpha value is -5.54. The lowest BCUT2D eigenvalue weighted by molar-refractivity contribution is 0.480. The molecule has 0 heterocycles. The zero-order valence-corrected chi connectivity index (χ0v) is 25.1. The van der Waals surface area contributed by atoms with Crippen LogP contribution in [0.3, 0.4) is 0 Å². The van der Waals surface area contributed by atoms with E-state index in [9.17, 15) is 36.2 Å². The molecule has 0 spiro atoms. The number of benzene rings is 6. The summed E-state index contributed by atoms with van der Waals surface area (Å²) in [5, 5.41) is 39.0. The van der Waals surface area contributed by atoms with Gasteiger partial charge in [0.15, 0.2) is 0 Å². The fourth-order valence-electron chi connectivity index (χ4n) is 4.95. The van der Waals surface area contributed by atoms with Crippen molar-refractivity contribution >= 4 is 64.5 Å². The van der Waals surface area contributed by atoms with Gasteiger partial charge < -0.3 is 10.2 Å². The molecule has 0 amide bonds. The monoisotopic (exact) mass is 654 g/mol. The molecule has 14 heteroatoms. The highest BCUT2D eigenvalue weighted by Gasteiger charge is 2.24. The zero-order valence-electron chi connectivity index (χ0n) is 23.4. The summed E-state index contributed by atoms with van der Waals surface area (Å²) in [4.78, 5) is -1.37. The lowest BCUT2D eigenvalue weighted by Crippen LogP contribution is -2.05. The number of nitrogens with zero attached hydrogens (tertiary/aromatic N) is 4. The van der Waals surface area contributed by atoms with Crippen molar-refractivity contribution in [3.05, 3.63) is 109 Å². The predicted molar refractivity (Wildman–Crippen MR) is 171 cm³/mol. The maximum absolute atomic E-state index is 12.5. The van der Waals surface area contributed by atoms with Gasteiger partial charge >= 0.3 is 0 Å². The Kier molecular flexibility index (Phi) is 7.79. The van der Waals surface area contributed by atoms with Gasteiger partial charge in [0.2, 0.25) is 0 Å². The molecule has 0 radical (unpaired) electrons. The second-order valence-electron chi connectivity index (χ2n) is 10.0. The van der Waals surface area contributed by atoms with Crippen LogP contribution >= 0.6 is 0 Å². The molecule has 6 rings (SSSR count). The highest BCUT2D eigenvalue weighted by Crippen LogP contribution is 2.39. The van der Waals surface area contributed by atoms with Crippen molar-refractivity contribution in [1.29, 1.82) is 0 Å². The average molecular weight is 655 g/mol. The van der Waals surface area contributed by atoms with Gasteiger partial charge in [-0.25, -0.2) is 0 Å². The van der Waals surface area contributed by atoms with Crippen LogP contribution in [0.5, 0.6) is 11.5 Å². The number of fused-ring (bicyclic) bond motifs is 2. The first kappa shape index (κ1) is 30.5. The minimum Gasteiger partial charge on any atom is -0.507 e. The molecule has 0 saturated carbocycles. The molecule has 0 aliphatic rings. The highest BCUT2D eigenvalue weighted by molar-refractivity contribution is 7.86. The van der Waals surface area contributed by atoms with Crippen molar-refractivity contribution in [2.75, 3.05) is 0 Å². The second-order valence-corrected chi connectivity index (χ2v) is 12.8. The maximum Gasteiger partial charge on any atom is 0.295 e. The van der Waals surface area contributed by atoms with Crippen LogP contribution in [0.2, 0.25) is 0 Å². The first-order valence-corrected chi connectivity index (χ1v) is 16.3. The van der Waals surface area contributed by atoms with Crippen LogP contribution < -0.4 is 0 Å². The van der Waals surface area contributed by atoms with E-state index in [2.05, 4.69) is 20.5 Å². The normalized spacial score (nSPS) is 12.5. The molecule has 12 nitrogen and oxygen atoms in total. The van der Waals surface area contributed by atoms with E-state index in [4.69, 9.17) is 0 Å². The van der Waals surface area contributed by atoms with Crippen molar-refractivity contribution in [3.8, 4) is 22.6 Å². The molecule has 46 heavy (non-hydrogen) atoms. The first-order valence-electron chi connectivity index (χ1n) is 13.4. The van der Waals surface area contributed by atoms with E-state index in [1.807, 2.05) is 0 Å². The van der Waals surface area contributed by atoms with Gasteiger partial charge in [-0.2, -0.15) is 27.1 Å². The smallest absolute Gasteiger partial charge is 0.295 e. The summed E-state index contributed by atoms with van der Waals surface area (Å²) < 4.78 is 70.1. The van der Waals surface area contributed by atoms with Gasteiger partial charge in [-0.3, -0.25) is 9.11 Å². The van der Waals surface area contributed by atoms with Crippen LogP contribution in [0.4, 0.5) is 22.7 Å². The van der Waals surface area contributed by atoms with Gasteiger partial charge in [-0.05, 0) is 48.5 Å². The summed E-state index contributed by atoms with van der Waals surface area (Å²) in [6.45, 7) is 0. The summed E-state index contributed by atoms with van der Waals surface area (Å²) in [6.07, 6.45) is 0. The van der Waals surface area contributed by atoms with E-state index in [0.29, 0.717) is 32.9 Å². The Balaban J connectivity index is 1.41. The van der Waals surface area contributed by atoms with Gasteiger partial charge in [0.25, 0.3) is 20.2 Å². The van der Waals surface area contributed by atoms with Crippen LogP contribution in [0.1, 0.15) is 0 Å². The van der Waals surface area contributed by atoms with Crippen LogP contribution in [0.25, 0.3) is 32.7 Å². The molecule has 6 aromatic carbocycles. The summed E-state index contributed by atoms with van der Waals surface area (Å²) in [5.74, 6) is 0.0899. The van der Waals surface area contributed by atoms with Crippen LogP contribution in [-0.2, 0) is 20.2 Å². The fourth-order valence-corrected chi connectivity index (χ4v) is 6.40. The van der Waals surface area contributed by atoms with Gasteiger partial charge in [0, 0.05) is 32.7 Å². The third-order valence-electron chi connectivity index (χ3n) is 7.08. The topological polar surface area (TPSA) is 199 Å². The molecular formula is C32H22N4O8S2. The quantitative estimate of drug-likeness (QED) is 0.0971. The predicted octanol–water partition coefficient (Wildman–Crippen LogP) is 8.40. The Morgan fingerprint density at radius 2 is 0.804 bits per heavy atom. The summed E-state index contributed by atoms with van der Waals surface area (Å²) in [5.41, 5.74) is 0.297. The van der Waals surface area contributed by atoms with Crippen molar-refractivity contribution < 1.29 is 36.2 Å². The van der Waals surface area contributed by atoms with E-state index in [0.717, 1.165) is 12.1 Å². The number of hydrogen-bond acceptors (Lipinski definition) is 10. The highest BCUT2D eigenvalue weighted by atomic mass is 32.2.